The molecule has 1 unspecified atom stereocenters. The van der Waals surface area contributed by atoms with E-state index in [1.165, 1.54) is 0 Å². The average Bonchev–Trinajstić information content (AvgIpc) is 2.60. The van der Waals surface area contributed by atoms with E-state index in [1.54, 1.807) is 7.11 Å². The van der Waals surface area contributed by atoms with Crippen molar-refractivity contribution in [3.63, 3.8) is 0 Å². The van der Waals surface area contributed by atoms with E-state index >= 15 is 0 Å². The summed E-state index contributed by atoms with van der Waals surface area (Å²) in [7, 11) is 1.68. The first kappa shape index (κ1) is 10.8. The lowest BCUT2D eigenvalue weighted by Crippen LogP contribution is -2.19. The van der Waals surface area contributed by atoms with Gasteiger partial charge in [-0.15, -0.1) is 0 Å². The van der Waals surface area contributed by atoms with Crippen LogP contribution in [-0.2, 0) is 11.2 Å². The molecular weight excluding hydrogens is 258 g/mol. The Morgan fingerprint density at radius 1 is 1.67 bits per heavy atom. The van der Waals surface area contributed by atoms with E-state index in [1.807, 2.05) is 13.0 Å². The summed E-state index contributed by atoms with van der Waals surface area (Å²) >= 11 is 3.57. The SMILES string of the molecule is COCC1Cc2c(Br)c(C)cc(N)c2O1. The molecule has 1 heterocycles. The molecule has 0 aliphatic carbocycles. The predicted molar refractivity (Wildman–Crippen MR) is 63.3 cm³/mol. The molecule has 0 amide bonds. The monoisotopic (exact) mass is 271 g/mol. The van der Waals surface area contributed by atoms with Crippen LogP contribution in [-0.4, -0.2) is 19.8 Å². The molecule has 0 saturated carbocycles. The van der Waals surface area contributed by atoms with E-state index in [9.17, 15) is 0 Å². The normalized spacial score (nSPS) is 18.7. The molecule has 2 N–H and O–H groups in total. The number of rotatable bonds is 2. The molecule has 82 valence electrons. The van der Waals surface area contributed by atoms with E-state index in [0.717, 1.165) is 27.8 Å². The van der Waals surface area contributed by atoms with Crippen molar-refractivity contribution in [3.05, 3.63) is 21.7 Å². The molecule has 0 bridgehead atoms. The molecule has 4 heteroatoms. The van der Waals surface area contributed by atoms with Crippen molar-refractivity contribution < 1.29 is 9.47 Å². The first-order valence-corrected chi connectivity index (χ1v) is 5.65. The Morgan fingerprint density at radius 3 is 3.07 bits per heavy atom. The van der Waals surface area contributed by atoms with Gasteiger partial charge in [0.2, 0.25) is 0 Å². The van der Waals surface area contributed by atoms with Crippen LogP contribution in [0.25, 0.3) is 0 Å². The fourth-order valence-electron chi connectivity index (χ4n) is 1.91. The second-order valence-electron chi connectivity index (χ2n) is 3.80. The van der Waals surface area contributed by atoms with Gasteiger partial charge in [0.1, 0.15) is 11.9 Å². The number of ether oxygens (including phenoxy) is 2. The molecule has 0 spiro atoms. The van der Waals surface area contributed by atoms with Crippen LogP contribution in [0.5, 0.6) is 5.75 Å². The third-order valence-corrected chi connectivity index (χ3v) is 3.69. The minimum atomic E-state index is 0.0883. The van der Waals surface area contributed by atoms with Gasteiger partial charge in [0.05, 0.1) is 12.3 Å². The third-order valence-electron chi connectivity index (χ3n) is 2.59. The summed E-state index contributed by atoms with van der Waals surface area (Å²) in [6.45, 7) is 2.63. The summed E-state index contributed by atoms with van der Waals surface area (Å²) in [6, 6.07) is 1.93. The Bertz CT molecular complexity index is 393. The second-order valence-corrected chi connectivity index (χ2v) is 4.60. The average molecular weight is 272 g/mol. The minimum Gasteiger partial charge on any atom is -0.485 e. The molecule has 1 aromatic carbocycles. The Hall–Kier alpha value is -0.740. The van der Waals surface area contributed by atoms with Crippen LogP contribution in [0.4, 0.5) is 5.69 Å². The first-order valence-electron chi connectivity index (χ1n) is 4.86. The number of benzene rings is 1. The Kier molecular flexibility index (Phi) is 2.89. The van der Waals surface area contributed by atoms with E-state index in [0.29, 0.717) is 12.3 Å². The zero-order valence-corrected chi connectivity index (χ0v) is 10.4. The smallest absolute Gasteiger partial charge is 0.147 e. The summed E-state index contributed by atoms with van der Waals surface area (Å²) in [5.74, 6) is 0.814. The van der Waals surface area contributed by atoms with Gasteiger partial charge in [-0.2, -0.15) is 0 Å². The summed E-state index contributed by atoms with van der Waals surface area (Å²) in [4.78, 5) is 0. The number of aryl methyl sites for hydroxylation is 1. The molecule has 1 aromatic rings. The molecule has 1 atom stereocenters. The number of hydrogen-bond donors (Lipinski definition) is 1. The highest BCUT2D eigenvalue weighted by atomic mass is 79.9. The summed E-state index contributed by atoms with van der Waals surface area (Å²) in [5.41, 5.74) is 8.93. The largest absolute Gasteiger partial charge is 0.485 e. The fourth-order valence-corrected chi connectivity index (χ4v) is 2.37. The van der Waals surface area contributed by atoms with Crippen molar-refractivity contribution in [2.75, 3.05) is 19.5 Å². The topological polar surface area (TPSA) is 44.5 Å². The van der Waals surface area contributed by atoms with Crippen LogP contribution in [0.1, 0.15) is 11.1 Å². The van der Waals surface area contributed by atoms with Crippen molar-refractivity contribution in [3.8, 4) is 5.75 Å². The summed E-state index contributed by atoms with van der Waals surface area (Å²) < 4.78 is 11.9. The maximum absolute atomic E-state index is 5.91. The molecule has 1 aliphatic rings. The van der Waals surface area contributed by atoms with Gasteiger partial charge in [-0.25, -0.2) is 0 Å². The van der Waals surface area contributed by atoms with E-state index < -0.39 is 0 Å². The van der Waals surface area contributed by atoms with Crippen molar-refractivity contribution in [2.24, 2.45) is 0 Å². The standard InChI is InChI=1S/C11H14BrNO2/c1-6-3-9(13)11-8(10(6)12)4-7(15-11)5-14-2/h3,7H,4-5,13H2,1-2H3. The van der Waals surface area contributed by atoms with Gasteiger partial charge in [-0.05, 0) is 18.6 Å². The van der Waals surface area contributed by atoms with Crippen molar-refractivity contribution in [1.29, 1.82) is 0 Å². The van der Waals surface area contributed by atoms with Gasteiger partial charge in [0, 0.05) is 23.6 Å². The second kappa shape index (κ2) is 4.02. The van der Waals surface area contributed by atoms with Crippen molar-refractivity contribution >= 4 is 21.6 Å². The minimum absolute atomic E-state index is 0.0883. The van der Waals surface area contributed by atoms with Gasteiger partial charge in [-0.3, -0.25) is 0 Å². The number of halogens is 1. The van der Waals surface area contributed by atoms with Gasteiger partial charge >= 0.3 is 0 Å². The number of hydrogen-bond acceptors (Lipinski definition) is 3. The fraction of sp³-hybridized carbons (Fsp3) is 0.455. The van der Waals surface area contributed by atoms with E-state index in [-0.39, 0.29) is 6.10 Å². The van der Waals surface area contributed by atoms with Crippen LogP contribution in [0.2, 0.25) is 0 Å². The van der Waals surface area contributed by atoms with Crippen molar-refractivity contribution in [2.45, 2.75) is 19.4 Å². The van der Waals surface area contributed by atoms with Crippen LogP contribution in [0.15, 0.2) is 10.5 Å². The van der Waals surface area contributed by atoms with Gasteiger partial charge in [0.15, 0.2) is 0 Å². The Balaban J connectivity index is 2.36. The summed E-state index contributed by atoms with van der Waals surface area (Å²) in [5, 5.41) is 0. The quantitative estimate of drug-likeness (QED) is 0.840. The highest BCUT2D eigenvalue weighted by molar-refractivity contribution is 9.10. The molecule has 0 saturated heterocycles. The Morgan fingerprint density at radius 2 is 2.40 bits per heavy atom. The molecule has 3 nitrogen and oxygen atoms in total. The van der Waals surface area contributed by atoms with E-state index in [2.05, 4.69) is 15.9 Å². The van der Waals surface area contributed by atoms with Crippen LogP contribution in [0, 0.1) is 6.92 Å². The molecule has 0 fully saturated rings. The number of methoxy groups -OCH3 is 1. The lowest BCUT2D eigenvalue weighted by Gasteiger charge is -2.10. The van der Waals surface area contributed by atoms with Gasteiger partial charge < -0.3 is 15.2 Å². The third kappa shape index (κ3) is 1.84. The lowest BCUT2D eigenvalue weighted by atomic mass is 10.1. The lowest BCUT2D eigenvalue weighted by molar-refractivity contribution is 0.0955. The van der Waals surface area contributed by atoms with E-state index in [4.69, 9.17) is 15.2 Å². The summed E-state index contributed by atoms with van der Waals surface area (Å²) in [6.07, 6.45) is 0.945. The zero-order valence-electron chi connectivity index (χ0n) is 8.84. The van der Waals surface area contributed by atoms with Crippen LogP contribution in [0.3, 0.4) is 0 Å². The Labute approximate surface area is 97.7 Å². The molecule has 0 radical (unpaired) electrons. The molecule has 2 rings (SSSR count). The van der Waals surface area contributed by atoms with Crippen LogP contribution < -0.4 is 10.5 Å². The maximum Gasteiger partial charge on any atom is 0.147 e. The number of fused-ring (bicyclic) bond motifs is 1. The van der Waals surface area contributed by atoms with Gasteiger partial charge in [-0.1, -0.05) is 15.9 Å². The molecule has 15 heavy (non-hydrogen) atoms. The number of nitrogen functional groups attached to an aromatic ring is 1. The zero-order chi connectivity index (χ0) is 11.0. The maximum atomic E-state index is 5.91. The number of anilines is 1. The molecule has 0 aromatic heterocycles. The van der Waals surface area contributed by atoms with Crippen molar-refractivity contribution in [1.82, 2.24) is 0 Å². The first-order chi connectivity index (χ1) is 7.13. The molecule has 1 aliphatic heterocycles. The van der Waals surface area contributed by atoms with Crippen LogP contribution >= 0.6 is 15.9 Å². The highest BCUT2D eigenvalue weighted by Gasteiger charge is 2.27. The molecular formula is C11H14BrNO2. The highest BCUT2D eigenvalue weighted by Crippen LogP contribution is 2.41. The number of nitrogens with two attached hydrogens (primary N) is 1. The predicted octanol–water partition coefficient (Wildman–Crippen LogP) is 2.29. The van der Waals surface area contributed by atoms with Gasteiger partial charge in [0.25, 0.3) is 0 Å².